The van der Waals surface area contributed by atoms with Gasteiger partial charge in [-0.2, -0.15) is 15.8 Å². The van der Waals surface area contributed by atoms with E-state index in [1.807, 2.05) is 12.1 Å². The van der Waals surface area contributed by atoms with E-state index in [-0.39, 0.29) is 23.4 Å². The summed E-state index contributed by atoms with van der Waals surface area (Å²) >= 11 is 6.23. The molecule has 2 aromatic heterocycles. The second-order valence-corrected chi connectivity index (χ2v) is 7.67. The van der Waals surface area contributed by atoms with Gasteiger partial charge in [-0.1, -0.05) is 29.8 Å². The molecule has 1 aliphatic carbocycles. The summed E-state index contributed by atoms with van der Waals surface area (Å²) < 4.78 is 0. The number of pyridine rings is 1. The second kappa shape index (κ2) is 8.78. The molecule has 1 amide bonds. The van der Waals surface area contributed by atoms with Crippen LogP contribution in [0.2, 0.25) is 5.02 Å². The van der Waals surface area contributed by atoms with Gasteiger partial charge in [0, 0.05) is 39.7 Å². The Morgan fingerprint density at radius 1 is 1.20 bits per heavy atom. The number of halogens is 1. The number of nitrogens with zero attached hydrogens (tertiary/aromatic N) is 2. The SMILES string of the molecule is NONC(=O)[C@H]1CC[C@H](Nc2ncc3cc(-c4ccccc4Cl)c(=O)[nH]c3n2)CC1. The number of hydroxylamine groups is 1. The molecule has 1 aromatic carbocycles. The predicted molar refractivity (Wildman–Crippen MR) is 113 cm³/mol. The number of benzene rings is 1. The van der Waals surface area contributed by atoms with Crippen LogP contribution in [-0.4, -0.2) is 26.9 Å². The Bertz CT molecular complexity index is 1130. The van der Waals surface area contributed by atoms with Crippen LogP contribution in [0.25, 0.3) is 22.2 Å². The number of hydrogen-bond donors (Lipinski definition) is 4. The number of nitrogens with two attached hydrogens (primary N) is 1. The van der Waals surface area contributed by atoms with Crippen molar-refractivity contribution < 1.29 is 9.73 Å². The van der Waals surface area contributed by atoms with Gasteiger partial charge in [-0.15, -0.1) is 0 Å². The number of carbonyl (C=O) groups is 1. The van der Waals surface area contributed by atoms with Gasteiger partial charge in [0.15, 0.2) is 0 Å². The van der Waals surface area contributed by atoms with E-state index in [1.165, 1.54) is 0 Å². The first-order valence-electron chi connectivity index (χ1n) is 9.62. The lowest BCUT2D eigenvalue weighted by molar-refractivity contribution is -0.139. The number of rotatable bonds is 5. The third kappa shape index (κ3) is 4.28. The zero-order valence-electron chi connectivity index (χ0n) is 16.0. The number of hydrogen-bond acceptors (Lipinski definition) is 7. The minimum absolute atomic E-state index is 0.122. The summed E-state index contributed by atoms with van der Waals surface area (Å²) in [5.41, 5.74) is 3.48. The van der Waals surface area contributed by atoms with E-state index >= 15 is 0 Å². The average molecular weight is 429 g/mol. The number of aromatic nitrogens is 3. The van der Waals surface area contributed by atoms with Crippen molar-refractivity contribution in [1.82, 2.24) is 20.4 Å². The Morgan fingerprint density at radius 2 is 1.97 bits per heavy atom. The minimum atomic E-state index is -0.270. The molecule has 0 atom stereocenters. The number of H-pyrrole nitrogens is 1. The summed E-state index contributed by atoms with van der Waals surface area (Å²) in [6.45, 7) is 0. The van der Waals surface area contributed by atoms with Crippen molar-refractivity contribution in [2.24, 2.45) is 11.8 Å². The summed E-state index contributed by atoms with van der Waals surface area (Å²) in [7, 11) is 0. The summed E-state index contributed by atoms with van der Waals surface area (Å²) in [5, 5.41) is 4.50. The molecule has 0 bridgehead atoms. The van der Waals surface area contributed by atoms with Crippen LogP contribution in [0.15, 0.2) is 41.3 Å². The van der Waals surface area contributed by atoms with Crippen molar-refractivity contribution in [3.8, 4) is 11.1 Å². The monoisotopic (exact) mass is 428 g/mol. The number of carbonyl (C=O) groups excluding carboxylic acids is 1. The van der Waals surface area contributed by atoms with Gasteiger partial charge in [-0.25, -0.2) is 10.5 Å². The summed E-state index contributed by atoms with van der Waals surface area (Å²) in [4.78, 5) is 40.2. The molecule has 0 saturated heterocycles. The van der Waals surface area contributed by atoms with E-state index in [0.29, 0.717) is 46.0 Å². The molecule has 1 fully saturated rings. The standard InChI is InChI=1S/C20H21ClN6O3/c21-16-4-2-1-3-14(16)15-9-12-10-23-20(26-17(12)25-19(15)29)24-13-7-5-11(6-8-13)18(28)27-30-22/h1-4,9-11,13H,5-8,22H2,(H,27,28)(H2,23,24,25,26,29)/t11-,13-. The van der Waals surface area contributed by atoms with E-state index in [0.717, 1.165) is 12.8 Å². The minimum Gasteiger partial charge on any atom is -0.351 e. The quantitative estimate of drug-likeness (QED) is 0.458. The largest absolute Gasteiger partial charge is 0.351 e. The van der Waals surface area contributed by atoms with Gasteiger partial charge in [-0.05, 0) is 37.8 Å². The van der Waals surface area contributed by atoms with E-state index in [2.05, 4.69) is 30.7 Å². The highest BCUT2D eigenvalue weighted by molar-refractivity contribution is 6.33. The molecule has 30 heavy (non-hydrogen) atoms. The Morgan fingerprint density at radius 3 is 2.70 bits per heavy atom. The molecule has 4 rings (SSSR count). The lowest BCUT2D eigenvalue weighted by Gasteiger charge is -2.27. The van der Waals surface area contributed by atoms with Crippen LogP contribution in [0.4, 0.5) is 5.95 Å². The Kier molecular flexibility index (Phi) is 5.93. The molecule has 10 heteroatoms. The lowest BCUT2D eigenvalue weighted by Crippen LogP contribution is -2.37. The van der Waals surface area contributed by atoms with Gasteiger partial charge < -0.3 is 10.3 Å². The zero-order valence-corrected chi connectivity index (χ0v) is 16.8. The van der Waals surface area contributed by atoms with Crippen LogP contribution >= 0.6 is 11.6 Å². The van der Waals surface area contributed by atoms with E-state index in [9.17, 15) is 9.59 Å². The zero-order chi connectivity index (χ0) is 21.1. The third-order valence-electron chi connectivity index (χ3n) is 5.35. The first-order chi connectivity index (χ1) is 14.5. The first-order valence-corrected chi connectivity index (χ1v) is 10.00. The van der Waals surface area contributed by atoms with Gasteiger partial charge in [0.25, 0.3) is 5.56 Å². The van der Waals surface area contributed by atoms with E-state index in [4.69, 9.17) is 17.5 Å². The van der Waals surface area contributed by atoms with Gasteiger partial charge in [0.2, 0.25) is 11.9 Å². The maximum Gasteiger partial charge on any atom is 0.257 e. The highest BCUT2D eigenvalue weighted by Crippen LogP contribution is 2.28. The fourth-order valence-corrected chi connectivity index (χ4v) is 4.00. The van der Waals surface area contributed by atoms with Crippen LogP contribution in [0.3, 0.4) is 0 Å². The summed E-state index contributed by atoms with van der Waals surface area (Å²) in [6.07, 6.45) is 4.65. The fraction of sp³-hybridized carbons (Fsp3) is 0.300. The van der Waals surface area contributed by atoms with Crippen molar-refractivity contribution in [3.63, 3.8) is 0 Å². The molecule has 0 radical (unpaired) electrons. The second-order valence-electron chi connectivity index (χ2n) is 7.27. The van der Waals surface area contributed by atoms with Crippen LogP contribution in [0, 0.1) is 5.92 Å². The normalized spacial score (nSPS) is 18.9. The number of aromatic amines is 1. The van der Waals surface area contributed by atoms with Gasteiger partial charge in [0.05, 0.1) is 0 Å². The van der Waals surface area contributed by atoms with Crippen LogP contribution in [0.5, 0.6) is 0 Å². The van der Waals surface area contributed by atoms with Crippen molar-refractivity contribution in [1.29, 1.82) is 0 Å². The topological polar surface area (TPSA) is 135 Å². The molecule has 156 valence electrons. The molecule has 3 aromatic rings. The summed E-state index contributed by atoms with van der Waals surface area (Å²) in [6, 6.07) is 9.06. The number of anilines is 1. The molecule has 5 N–H and O–H groups in total. The van der Waals surface area contributed by atoms with Gasteiger partial charge in [0.1, 0.15) is 5.65 Å². The molecular weight excluding hydrogens is 408 g/mol. The maximum absolute atomic E-state index is 12.6. The first kappa shape index (κ1) is 20.3. The fourth-order valence-electron chi connectivity index (χ4n) is 3.77. The van der Waals surface area contributed by atoms with Crippen molar-refractivity contribution in [2.45, 2.75) is 31.7 Å². The van der Waals surface area contributed by atoms with Crippen LogP contribution in [0.1, 0.15) is 25.7 Å². The van der Waals surface area contributed by atoms with E-state index < -0.39 is 0 Å². The Labute approximate surface area is 176 Å². The third-order valence-corrected chi connectivity index (χ3v) is 5.68. The van der Waals surface area contributed by atoms with Crippen LogP contribution < -0.4 is 22.3 Å². The molecule has 0 spiro atoms. The average Bonchev–Trinajstić information content (AvgIpc) is 2.74. The molecule has 1 saturated carbocycles. The molecule has 2 heterocycles. The molecular formula is C20H21ClN6O3. The van der Waals surface area contributed by atoms with E-state index in [1.54, 1.807) is 24.4 Å². The van der Waals surface area contributed by atoms with Crippen LogP contribution in [-0.2, 0) is 9.73 Å². The number of amides is 1. The maximum atomic E-state index is 12.6. The Hall–Kier alpha value is -3.01. The smallest absolute Gasteiger partial charge is 0.257 e. The molecule has 0 aliphatic heterocycles. The number of nitrogens with one attached hydrogen (secondary N) is 3. The van der Waals surface area contributed by atoms with Gasteiger partial charge >= 0.3 is 0 Å². The van der Waals surface area contributed by atoms with Crippen molar-refractivity contribution in [2.75, 3.05) is 5.32 Å². The molecule has 9 nitrogen and oxygen atoms in total. The van der Waals surface area contributed by atoms with Gasteiger partial charge in [-0.3, -0.25) is 9.59 Å². The highest BCUT2D eigenvalue weighted by Gasteiger charge is 2.26. The summed E-state index contributed by atoms with van der Waals surface area (Å²) in [5.74, 6) is 4.99. The van der Waals surface area contributed by atoms with Crippen molar-refractivity contribution in [3.05, 3.63) is 51.9 Å². The predicted octanol–water partition coefficient (Wildman–Crippen LogP) is 2.53. The highest BCUT2D eigenvalue weighted by atomic mass is 35.5. The lowest BCUT2D eigenvalue weighted by atomic mass is 9.85. The molecule has 0 unspecified atom stereocenters. The molecule has 1 aliphatic rings. The number of fused-ring (bicyclic) bond motifs is 1. The Balaban J connectivity index is 1.50. The van der Waals surface area contributed by atoms with Crippen molar-refractivity contribution >= 4 is 34.5 Å².